The van der Waals surface area contributed by atoms with E-state index in [0.29, 0.717) is 10.4 Å². The lowest BCUT2D eigenvalue weighted by atomic mass is 10.3. The van der Waals surface area contributed by atoms with E-state index in [1.165, 1.54) is 24.4 Å². The predicted molar refractivity (Wildman–Crippen MR) is 57.0 cm³/mol. The quantitative estimate of drug-likeness (QED) is 0.774. The van der Waals surface area contributed by atoms with E-state index >= 15 is 0 Å². The number of aromatic nitrogens is 3. The maximum Gasteiger partial charge on any atom is 0.261 e. The highest BCUT2D eigenvalue weighted by molar-refractivity contribution is 7.99. The van der Waals surface area contributed by atoms with Gasteiger partial charge in [0.25, 0.3) is 5.22 Å². The molecule has 0 N–H and O–H groups in total. The molecule has 0 aliphatic heterocycles. The van der Waals surface area contributed by atoms with Gasteiger partial charge in [-0.05, 0) is 18.2 Å². The molecule has 2 heterocycles. The molecule has 2 rings (SSSR count). The maximum atomic E-state index is 5.95. The fourth-order valence-electron chi connectivity index (χ4n) is 1.10. The minimum Gasteiger partial charge on any atom is -0.440 e. The summed E-state index contributed by atoms with van der Waals surface area (Å²) in [6, 6.07) is 0. The van der Waals surface area contributed by atoms with Crippen molar-refractivity contribution in [1.82, 2.24) is 15.0 Å². The third-order valence-corrected chi connectivity index (χ3v) is 3.05. The summed E-state index contributed by atoms with van der Waals surface area (Å²) in [6.07, 6.45) is 5.34. The first-order valence-electron chi connectivity index (χ1n) is 4.38. The van der Waals surface area contributed by atoms with Crippen LogP contribution >= 0.6 is 23.4 Å². The molecule has 15 heavy (non-hydrogen) atoms. The Kier molecular flexibility index (Phi) is 3.23. The van der Waals surface area contributed by atoms with E-state index < -0.39 is 0 Å². The van der Waals surface area contributed by atoms with Crippen molar-refractivity contribution in [2.75, 3.05) is 0 Å². The summed E-state index contributed by atoms with van der Waals surface area (Å²) in [5.74, 6) is 0. The van der Waals surface area contributed by atoms with Gasteiger partial charge < -0.3 is 4.42 Å². The molecule has 2 aromatic rings. The van der Waals surface area contributed by atoms with Crippen LogP contribution in [0.3, 0.4) is 0 Å². The zero-order valence-corrected chi connectivity index (χ0v) is 9.55. The van der Waals surface area contributed by atoms with Crippen LogP contribution in [0.1, 0.15) is 12.5 Å². The molecular weight excluding hydrogens is 234 g/mol. The number of rotatable bonds is 3. The third-order valence-electron chi connectivity index (χ3n) is 1.80. The molecule has 2 aromatic heterocycles. The molecule has 78 valence electrons. The molecule has 0 radical (unpaired) electrons. The monoisotopic (exact) mass is 241 g/mol. The van der Waals surface area contributed by atoms with E-state index in [1.54, 1.807) is 6.20 Å². The van der Waals surface area contributed by atoms with Crippen LogP contribution in [-0.4, -0.2) is 15.0 Å². The van der Waals surface area contributed by atoms with Gasteiger partial charge in [-0.2, -0.15) is 0 Å². The standard InChI is InChI=1S/C9H8ClN3OS/c1-2-6-7(10)12-5-13-8(6)15-9-11-3-4-14-9/h3-5H,2H2,1H3. The van der Waals surface area contributed by atoms with Gasteiger partial charge >= 0.3 is 0 Å². The maximum absolute atomic E-state index is 5.95. The first-order valence-corrected chi connectivity index (χ1v) is 5.57. The van der Waals surface area contributed by atoms with Gasteiger partial charge in [0, 0.05) is 5.56 Å². The van der Waals surface area contributed by atoms with Crippen LogP contribution in [0.25, 0.3) is 0 Å². The number of hydrogen-bond acceptors (Lipinski definition) is 5. The van der Waals surface area contributed by atoms with Crippen molar-refractivity contribution in [3.8, 4) is 0 Å². The van der Waals surface area contributed by atoms with Crippen LogP contribution in [0.5, 0.6) is 0 Å². The second-order valence-corrected chi connectivity index (χ2v) is 4.00. The predicted octanol–water partition coefficient (Wildman–Crippen LogP) is 2.83. The Morgan fingerprint density at radius 1 is 1.40 bits per heavy atom. The minimum atomic E-state index is 0.488. The van der Waals surface area contributed by atoms with Crippen molar-refractivity contribution in [3.05, 3.63) is 29.5 Å². The van der Waals surface area contributed by atoms with Crippen molar-refractivity contribution < 1.29 is 4.42 Å². The fraction of sp³-hybridized carbons (Fsp3) is 0.222. The van der Waals surface area contributed by atoms with E-state index in [0.717, 1.165) is 17.0 Å². The summed E-state index contributed by atoms with van der Waals surface area (Å²) in [7, 11) is 0. The zero-order valence-electron chi connectivity index (χ0n) is 7.98. The third kappa shape index (κ3) is 2.30. The average Bonchev–Trinajstić information content (AvgIpc) is 2.71. The summed E-state index contributed by atoms with van der Waals surface area (Å²) in [6.45, 7) is 2.00. The molecule has 0 aliphatic carbocycles. The first kappa shape index (κ1) is 10.4. The van der Waals surface area contributed by atoms with Gasteiger partial charge in [-0.1, -0.05) is 18.5 Å². The molecular formula is C9H8ClN3OS. The number of oxazole rings is 1. The lowest BCUT2D eigenvalue weighted by molar-refractivity contribution is 0.454. The highest BCUT2D eigenvalue weighted by Gasteiger charge is 2.11. The molecule has 0 saturated heterocycles. The van der Waals surface area contributed by atoms with Gasteiger partial charge in [0.1, 0.15) is 22.8 Å². The number of hydrogen-bond donors (Lipinski definition) is 0. The molecule has 0 saturated carbocycles. The molecule has 0 aliphatic rings. The van der Waals surface area contributed by atoms with Crippen molar-refractivity contribution in [2.45, 2.75) is 23.6 Å². The number of nitrogens with zero attached hydrogens (tertiary/aromatic N) is 3. The SMILES string of the molecule is CCc1c(Cl)ncnc1Sc1ncco1. The van der Waals surface area contributed by atoms with Crippen LogP contribution in [0, 0.1) is 0 Å². The van der Waals surface area contributed by atoms with E-state index in [4.69, 9.17) is 16.0 Å². The van der Waals surface area contributed by atoms with Crippen LogP contribution in [0.4, 0.5) is 0 Å². The molecule has 0 aromatic carbocycles. The van der Waals surface area contributed by atoms with E-state index in [-0.39, 0.29) is 0 Å². The lowest BCUT2D eigenvalue weighted by Gasteiger charge is -2.04. The van der Waals surface area contributed by atoms with Gasteiger partial charge in [0.05, 0.1) is 6.20 Å². The van der Waals surface area contributed by atoms with Gasteiger partial charge in [-0.15, -0.1) is 0 Å². The second kappa shape index (κ2) is 4.63. The normalized spacial score (nSPS) is 10.5. The minimum absolute atomic E-state index is 0.488. The Morgan fingerprint density at radius 3 is 2.93 bits per heavy atom. The largest absolute Gasteiger partial charge is 0.440 e. The molecule has 6 heteroatoms. The van der Waals surface area contributed by atoms with E-state index in [1.807, 2.05) is 6.92 Å². The Hall–Kier alpha value is -1.07. The highest BCUT2D eigenvalue weighted by Crippen LogP contribution is 2.29. The van der Waals surface area contributed by atoms with E-state index in [2.05, 4.69) is 15.0 Å². The smallest absolute Gasteiger partial charge is 0.261 e. The average molecular weight is 242 g/mol. The van der Waals surface area contributed by atoms with Crippen LogP contribution in [0.2, 0.25) is 5.15 Å². The zero-order chi connectivity index (χ0) is 10.7. The van der Waals surface area contributed by atoms with E-state index in [9.17, 15) is 0 Å². The molecule has 0 bridgehead atoms. The molecule has 4 nitrogen and oxygen atoms in total. The van der Waals surface area contributed by atoms with Gasteiger partial charge in [-0.25, -0.2) is 15.0 Å². The van der Waals surface area contributed by atoms with Gasteiger partial charge in [-0.3, -0.25) is 0 Å². The fourth-order valence-corrected chi connectivity index (χ4v) is 2.27. The Balaban J connectivity index is 2.32. The highest BCUT2D eigenvalue weighted by atomic mass is 35.5. The van der Waals surface area contributed by atoms with Crippen molar-refractivity contribution in [3.63, 3.8) is 0 Å². The molecule has 0 fully saturated rings. The van der Waals surface area contributed by atoms with Crippen LogP contribution in [-0.2, 0) is 6.42 Å². The summed E-state index contributed by atoms with van der Waals surface area (Å²) in [5, 5.41) is 1.83. The number of halogens is 1. The summed E-state index contributed by atoms with van der Waals surface area (Å²) in [4.78, 5) is 12.1. The first-order chi connectivity index (χ1) is 7.31. The molecule has 0 atom stereocenters. The molecule has 0 amide bonds. The van der Waals surface area contributed by atoms with Gasteiger partial charge in [0.15, 0.2) is 0 Å². The molecule has 0 spiro atoms. The molecule has 0 unspecified atom stereocenters. The van der Waals surface area contributed by atoms with Crippen molar-refractivity contribution >= 4 is 23.4 Å². The summed E-state index contributed by atoms with van der Waals surface area (Å²) in [5.41, 5.74) is 0.919. The van der Waals surface area contributed by atoms with Crippen molar-refractivity contribution in [1.29, 1.82) is 0 Å². The Labute approximate surface area is 96.1 Å². The second-order valence-electron chi connectivity index (χ2n) is 2.70. The lowest BCUT2D eigenvalue weighted by Crippen LogP contribution is -1.93. The topological polar surface area (TPSA) is 51.8 Å². The Bertz CT molecular complexity index is 447. The van der Waals surface area contributed by atoms with Gasteiger partial charge in [0.2, 0.25) is 0 Å². The van der Waals surface area contributed by atoms with Crippen LogP contribution in [0.15, 0.2) is 33.5 Å². The van der Waals surface area contributed by atoms with Crippen LogP contribution < -0.4 is 0 Å². The van der Waals surface area contributed by atoms with Crippen molar-refractivity contribution in [2.24, 2.45) is 0 Å². The summed E-state index contributed by atoms with van der Waals surface area (Å²) >= 11 is 7.30. The Morgan fingerprint density at radius 2 is 2.27 bits per heavy atom. The summed E-state index contributed by atoms with van der Waals surface area (Å²) < 4.78 is 5.13.